The molecule has 0 amide bonds. The van der Waals surface area contributed by atoms with Gasteiger partial charge in [0.2, 0.25) is 0 Å². The van der Waals surface area contributed by atoms with Crippen molar-refractivity contribution >= 4 is 18.4 Å². The first-order valence-electron chi connectivity index (χ1n) is 5.69. The van der Waals surface area contributed by atoms with Crippen LogP contribution in [0.2, 0.25) is 0 Å². The van der Waals surface area contributed by atoms with Crippen molar-refractivity contribution in [1.82, 2.24) is 5.32 Å². The standard InChI is InChI=1S/C13H17NO2.ClH/c1-16-13(15)12(11-8-5-9-14-11)10-6-3-2-4-7-10;/h2-4,6-7,11-12,14H,5,8-9H2,1H3;1H/t11-,12-;/m1./s1. The Balaban J connectivity index is 0.00000144. The molecule has 0 aliphatic carbocycles. The molecule has 1 aliphatic heterocycles. The maximum Gasteiger partial charge on any atom is 0.314 e. The van der Waals surface area contributed by atoms with Gasteiger partial charge in [0.25, 0.3) is 0 Å². The molecule has 0 bridgehead atoms. The SMILES string of the molecule is COC(=O)[C@H](c1ccccc1)[C@H]1CCCN1.Cl. The first-order chi connectivity index (χ1) is 7.83. The van der Waals surface area contributed by atoms with E-state index in [1.54, 1.807) is 0 Å². The lowest BCUT2D eigenvalue weighted by molar-refractivity contribution is -0.143. The lowest BCUT2D eigenvalue weighted by Crippen LogP contribution is -2.34. The van der Waals surface area contributed by atoms with Gasteiger partial charge in [0.1, 0.15) is 0 Å². The second-order valence-corrected chi connectivity index (χ2v) is 4.11. The normalized spacial score (nSPS) is 20.4. The highest BCUT2D eigenvalue weighted by Gasteiger charge is 2.32. The maximum atomic E-state index is 11.8. The number of carbonyl (C=O) groups is 1. The Morgan fingerprint density at radius 1 is 1.41 bits per heavy atom. The zero-order chi connectivity index (χ0) is 11.4. The predicted molar refractivity (Wildman–Crippen MR) is 69.5 cm³/mol. The van der Waals surface area contributed by atoms with Crippen LogP contribution in [0.5, 0.6) is 0 Å². The Labute approximate surface area is 108 Å². The molecule has 3 nitrogen and oxygen atoms in total. The molecular formula is C13H18ClNO2. The number of methoxy groups -OCH3 is 1. The average Bonchev–Trinajstić information content (AvgIpc) is 2.84. The highest BCUT2D eigenvalue weighted by Crippen LogP contribution is 2.26. The number of carbonyl (C=O) groups excluding carboxylic acids is 1. The van der Waals surface area contributed by atoms with E-state index < -0.39 is 0 Å². The zero-order valence-electron chi connectivity index (χ0n) is 9.89. The van der Waals surface area contributed by atoms with Crippen LogP contribution in [0.1, 0.15) is 24.3 Å². The summed E-state index contributed by atoms with van der Waals surface area (Å²) >= 11 is 0. The number of hydrogen-bond donors (Lipinski definition) is 1. The molecule has 2 rings (SSSR count). The third kappa shape index (κ3) is 3.20. The summed E-state index contributed by atoms with van der Waals surface area (Å²) in [7, 11) is 1.45. The van der Waals surface area contributed by atoms with Crippen LogP contribution in [0.3, 0.4) is 0 Å². The lowest BCUT2D eigenvalue weighted by atomic mass is 9.90. The molecule has 0 saturated carbocycles. The second kappa shape index (κ2) is 6.62. The first kappa shape index (κ1) is 14.0. The number of benzene rings is 1. The Kier molecular flexibility index (Phi) is 5.45. The fourth-order valence-corrected chi connectivity index (χ4v) is 2.32. The van der Waals surface area contributed by atoms with Crippen LogP contribution in [-0.4, -0.2) is 25.7 Å². The molecule has 1 fully saturated rings. The summed E-state index contributed by atoms with van der Waals surface area (Å²) in [6.45, 7) is 0.991. The topological polar surface area (TPSA) is 38.3 Å². The van der Waals surface area contributed by atoms with Gasteiger partial charge in [0.15, 0.2) is 0 Å². The fraction of sp³-hybridized carbons (Fsp3) is 0.462. The lowest BCUT2D eigenvalue weighted by Gasteiger charge is -2.21. The minimum atomic E-state index is -0.173. The van der Waals surface area contributed by atoms with Gasteiger partial charge in [-0.15, -0.1) is 12.4 Å². The van der Waals surface area contributed by atoms with Crippen LogP contribution in [-0.2, 0) is 9.53 Å². The van der Waals surface area contributed by atoms with Crippen molar-refractivity contribution in [2.45, 2.75) is 24.8 Å². The van der Waals surface area contributed by atoms with Crippen molar-refractivity contribution in [2.24, 2.45) is 0 Å². The molecule has 0 radical (unpaired) electrons. The van der Waals surface area contributed by atoms with Crippen LogP contribution in [0.25, 0.3) is 0 Å². The molecule has 1 heterocycles. The molecule has 1 N–H and O–H groups in total. The number of hydrogen-bond acceptors (Lipinski definition) is 3. The number of halogens is 1. The van der Waals surface area contributed by atoms with Gasteiger partial charge in [-0.1, -0.05) is 30.3 Å². The Hall–Kier alpha value is -1.06. The van der Waals surface area contributed by atoms with Crippen molar-refractivity contribution in [3.63, 3.8) is 0 Å². The molecule has 17 heavy (non-hydrogen) atoms. The van der Waals surface area contributed by atoms with Gasteiger partial charge in [-0.3, -0.25) is 4.79 Å². The molecule has 0 spiro atoms. The summed E-state index contributed by atoms with van der Waals surface area (Å²) in [5.41, 5.74) is 1.04. The smallest absolute Gasteiger partial charge is 0.314 e. The highest BCUT2D eigenvalue weighted by molar-refractivity contribution is 5.85. The molecule has 94 valence electrons. The van der Waals surface area contributed by atoms with Crippen LogP contribution in [0.4, 0.5) is 0 Å². The van der Waals surface area contributed by atoms with E-state index >= 15 is 0 Å². The minimum Gasteiger partial charge on any atom is -0.469 e. The fourth-order valence-electron chi connectivity index (χ4n) is 2.32. The monoisotopic (exact) mass is 255 g/mol. The van der Waals surface area contributed by atoms with Crippen molar-refractivity contribution in [2.75, 3.05) is 13.7 Å². The number of ether oxygens (including phenoxy) is 1. The van der Waals surface area contributed by atoms with Crippen LogP contribution >= 0.6 is 12.4 Å². The van der Waals surface area contributed by atoms with Gasteiger partial charge >= 0.3 is 5.97 Å². The number of nitrogens with one attached hydrogen (secondary N) is 1. The number of rotatable bonds is 3. The van der Waals surface area contributed by atoms with E-state index in [1.165, 1.54) is 7.11 Å². The summed E-state index contributed by atoms with van der Waals surface area (Å²) < 4.78 is 4.90. The Morgan fingerprint density at radius 2 is 2.12 bits per heavy atom. The van der Waals surface area contributed by atoms with Crippen molar-refractivity contribution in [3.05, 3.63) is 35.9 Å². The molecule has 1 aromatic rings. The average molecular weight is 256 g/mol. The van der Waals surface area contributed by atoms with E-state index in [9.17, 15) is 4.79 Å². The summed E-state index contributed by atoms with van der Waals surface area (Å²) in [5, 5.41) is 3.37. The predicted octanol–water partition coefficient (Wildman–Crippen LogP) is 2.12. The minimum absolute atomic E-state index is 0. The largest absolute Gasteiger partial charge is 0.469 e. The van der Waals surface area contributed by atoms with Gasteiger partial charge < -0.3 is 10.1 Å². The summed E-state index contributed by atoms with van der Waals surface area (Å²) in [5.74, 6) is -0.320. The Bertz CT molecular complexity index is 350. The molecule has 0 unspecified atom stereocenters. The van der Waals surface area contributed by atoms with Crippen LogP contribution in [0, 0.1) is 0 Å². The Morgan fingerprint density at radius 3 is 2.65 bits per heavy atom. The third-order valence-corrected chi connectivity index (χ3v) is 3.11. The third-order valence-electron chi connectivity index (χ3n) is 3.11. The molecular weight excluding hydrogens is 238 g/mol. The first-order valence-corrected chi connectivity index (χ1v) is 5.69. The van der Waals surface area contributed by atoms with E-state index in [-0.39, 0.29) is 30.3 Å². The molecule has 2 atom stereocenters. The molecule has 1 aromatic carbocycles. The van der Waals surface area contributed by atoms with Crippen LogP contribution < -0.4 is 5.32 Å². The van der Waals surface area contributed by atoms with Crippen molar-refractivity contribution in [3.8, 4) is 0 Å². The second-order valence-electron chi connectivity index (χ2n) is 4.11. The molecule has 1 aliphatic rings. The highest BCUT2D eigenvalue weighted by atomic mass is 35.5. The van der Waals surface area contributed by atoms with Gasteiger partial charge in [0, 0.05) is 6.04 Å². The van der Waals surface area contributed by atoms with Crippen molar-refractivity contribution in [1.29, 1.82) is 0 Å². The maximum absolute atomic E-state index is 11.8. The molecule has 0 aromatic heterocycles. The summed E-state index contributed by atoms with van der Waals surface area (Å²) in [6.07, 6.45) is 2.17. The van der Waals surface area contributed by atoms with Gasteiger partial charge in [0.05, 0.1) is 13.0 Å². The van der Waals surface area contributed by atoms with E-state index in [1.807, 2.05) is 30.3 Å². The molecule has 1 saturated heterocycles. The quantitative estimate of drug-likeness (QED) is 0.841. The van der Waals surface area contributed by atoms with Crippen molar-refractivity contribution < 1.29 is 9.53 Å². The van der Waals surface area contributed by atoms with E-state index in [4.69, 9.17) is 4.74 Å². The van der Waals surface area contributed by atoms with E-state index in [0.717, 1.165) is 24.9 Å². The zero-order valence-corrected chi connectivity index (χ0v) is 10.7. The van der Waals surface area contributed by atoms with Gasteiger partial charge in [-0.2, -0.15) is 0 Å². The summed E-state index contributed by atoms with van der Waals surface area (Å²) in [6, 6.07) is 10.1. The molecule has 4 heteroatoms. The van der Waals surface area contributed by atoms with Gasteiger partial charge in [-0.05, 0) is 24.9 Å². The van der Waals surface area contributed by atoms with Gasteiger partial charge in [-0.25, -0.2) is 0 Å². The van der Waals surface area contributed by atoms with Crippen LogP contribution in [0.15, 0.2) is 30.3 Å². The van der Waals surface area contributed by atoms with E-state index in [0.29, 0.717) is 0 Å². The van der Waals surface area contributed by atoms with E-state index in [2.05, 4.69) is 5.32 Å². The number of esters is 1. The summed E-state index contributed by atoms with van der Waals surface area (Å²) in [4.78, 5) is 11.8.